The molecule has 2 N–H and O–H groups in total. The molecule has 1 atom stereocenters. The number of carbonyl (C=O) groups excluding carboxylic acids is 1. The molecule has 0 aliphatic carbocycles. The molecule has 0 fully saturated rings. The van der Waals surface area contributed by atoms with Gasteiger partial charge < -0.3 is 19.6 Å². The zero-order valence-corrected chi connectivity index (χ0v) is 15.4. The molecule has 2 aromatic carbocycles. The lowest BCUT2D eigenvalue weighted by Crippen LogP contribution is -2.43. The minimum Gasteiger partial charge on any atom is -0.480 e. The smallest absolute Gasteiger partial charge is 0.328 e. The lowest BCUT2D eigenvalue weighted by atomic mass is 10.1. The number of furan rings is 1. The van der Waals surface area contributed by atoms with E-state index in [4.69, 9.17) is 9.15 Å². The van der Waals surface area contributed by atoms with Gasteiger partial charge in [-0.05, 0) is 24.1 Å². The van der Waals surface area contributed by atoms with E-state index in [2.05, 4.69) is 5.32 Å². The Hall–Kier alpha value is -3.38. The lowest BCUT2D eigenvalue weighted by molar-refractivity contribution is -0.141. The Kier molecular flexibility index (Phi) is 6.24. The maximum atomic E-state index is 12.4. The molecule has 144 valence electrons. The fourth-order valence-electron chi connectivity index (χ4n) is 2.70. The van der Waals surface area contributed by atoms with Gasteiger partial charge in [0.2, 0.25) is 0 Å². The Morgan fingerprint density at radius 3 is 2.57 bits per heavy atom. The van der Waals surface area contributed by atoms with Gasteiger partial charge in [-0.3, -0.25) is 4.79 Å². The van der Waals surface area contributed by atoms with E-state index in [1.54, 1.807) is 6.07 Å². The summed E-state index contributed by atoms with van der Waals surface area (Å²) in [5, 5.41) is 11.8. The summed E-state index contributed by atoms with van der Waals surface area (Å²) in [6.07, 6.45) is 1.48. The maximum absolute atomic E-state index is 12.4. The number of amides is 1. The molecule has 6 heteroatoms. The number of benzene rings is 2. The quantitative estimate of drug-likeness (QED) is 0.624. The first-order valence-electron chi connectivity index (χ1n) is 8.84. The van der Waals surface area contributed by atoms with Crippen LogP contribution in [-0.2, 0) is 16.1 Å². The van der Waals surface area contributed by atoms with E-state index >= 15 is 0 Å². The summed E-state index contributed by atoms with van der Waals surface area (Å²) >= 11 is 0. The molecule has 1 heterocycles. The molecule has 1 amide bonds. The first-order chi connectivity index (χ1) is 13.5. The number of hydrogen-bond donors (Lipinski definition) is 2. The number of hydrogen-bond acceptors (Lipinski definition) is 4. The Morgan fingerprint density at radius 1 is 1.07 bits per heavy atom. The van der Waals surface area contributed by atoms with Crippen molar-refractivity contribution in [3.63, 3.8) is 0 Å². The zero-order chi connectivity index (χ0) is 19.9. The van der Waals surface area contributed by atoms with Gasteiger partial charge >= 0.3 is 5.97 Å². The summed E-state index contributed by atoms with van der Waals surface area (Å²) in [5.74, 6) is -1.73. The summed E-state index contributed by atoms with van der Waals surface area (Å²) < 4.78 is 10.8. The van der Waals surface area contributed by atoms with E-state index in [0.717, 1.165) is 22.3 Å². The Balaban J connectivity index is 1.60. The van der Waals surface area contributed by atoms with Crippen molar-refractivity contribution in [3.8, 4) is 11.1 Å². The van der Waals surface area contributed by atoms with Gasteiger partial charge in [0.1, 0.15) is 0 Å². The highest BCUT2D eigenvalue weighted by atomic mass is 16.5. The third kappa shape index (κ3) is 5.08. The second-order valence-electron chi connectivity index (χ2n) is 6.43. The lowest BCUT2D eigenvalue weighted by Gasteiger charge is -2.14. The van der Waals surface area contributed by atoms with E-state index in [-0.39, 0.29) is 19.0 Å². The molecule has 0 aliphatic rings. The molecule has 0 radical (unpaired) electrons. The number of carbonyl (C=O) groups is 2. The summed E-state index contributed by atoms with van der Waals surface area (Å²) in [4.78, 5) is 23.8. The molecule has 0 spiro atoms. The summed E-state index contributed by atoms with van der Waals surface area (Å²) in [7, 11) is 0. The monoisotopic (exact) mass is 379 g/mol. The molecule has 28 heavy (non-hydrogen) atoms. The van der Waals surface area contributed by atoms with Crippen LogP contribution in [0.5, 0.6) is 0 Å². The molecule has 3 rings (SSSR count). The van der Waals surface area contributed by atoms with E-state index in [0.29, 0.717) is 0 Å². The fourth-order valence-corrected chi connectivity index (χ4v) is 2.70. The molecular weight excluding hydrogens is 358 g/mol. The van der Waals surface area contributed by atoms with Crippen LogP contribution in [0.25, 0.3) is 11.1 Å². The zero-order valence-electron chi connectivity index (χ0n) is 15.4. The van der Waals surface area contributed by atoms with Crippen LogP contribution in [0.15, 0.2) is 71.3 Å². The molecule has 1 unspecified atom stereocenters. The highest BCUT2D eigenvalue weighted by Gasteiger charge is 2.23. The minimum atomic E-state index is -1.18. The number of carboxylic acid groups (broad SMARTS) is 1. The van der Waals surface area contributed by atoms with Gasteiger partial charge in [-0.1, -0.05) is 60.2 Å². The standard InChI is InChI=1S/C22H21NO5/c1-15-6-5-9-17(10-15)18-11-20(28-13-18)21(24)23-19(22(25)26)14-27-12-16-7-3-2-4-8-16/h2-11,13,19H,12,14H2,1H3,(H,23,24)(H,25,26). The first kappa shape index (κ1) is 19.4. The summed E-state index contributed by atoms with van der Waals surface area (Å²) in [6.45, 7) is 2.09. The second kappa shape index (κ2) is 9.01. The number of aliphatic carboxylic acids is 1. The molecular formula is C22H21NO5. The van der Waals surface area contributed by atoms with Gasteiger partial charge in [-0.25, -0.2) is 4.79 Å². The third-order valence-electron chi connectivity index (χ3n) is 4.17. The van der Waals surface area contributed by atoms with Crippen molar-refractivity contribution in [2.45, 2.75) is 19.6 Å². The highest BCUT2D eigenvalue weighted by Crippen LogP contribution is 2.23. The Labute approximate surface area is 162 Å². The first-order valence-corrected chi connectivity index (χ1v) is 8.84. The summed E-state index contributed by atoms with van der Waals surface area (Å²) in [6, 6.07) is 17.6. The van der Waals surface area contributed by atoms with E-state index in [1.165, 1.54) is 6.26 Å². The van der Waals surface area contributed by atoms with Crippen LogP contribution in [0.3, 0.4) is 0 Å². The van der Waals surface area contributed by atoms with Crippen LogP contribution in [0, 0.1) is 6.92 Å². The van der Waals surface area contributed by atoms with Crippen molar-refractivity contribution in [1.82, 2.24) is 5.32 Å². The highest BCUT2D eigenvalue weighted by molar-refractivity contribution is 5.95. The fraction of sp³-hybridized carbons (Fsp3) is 0.182. The van der Waals surface area contributed by atoms with Crippen LogP contribution < -0.4 is 5.32 Å². The SMILES string of the molecule is Cc1cccc(-c2coc(C(=O)NC(COCc3ccccc3)C(=O)O)c2)c1. The maximum Gasteiger partial charge on any atom is 0.328 e. The molecule has 3 aromatic rings. The number of rotatable bonds is 8. The van der Waals surface area contributed by atoms with Gasteiger partial charge in [0.15, 0.2) is 11.8 Å². The molecule has 1 aromatic heterocycles. The minimum absolute atomic E-state index is 0.0471. The predicted molar refractivity (Wildman–Crippen MR) is 104 cm³/mol. The third-order valence-corrected chi connectivity index (χ3v) is 4.17. The van der Waals surface area contributed by atoms with Crippen LogP contribution in [0.1, 0.15) is 21.7 Å². The topological polar surface area (TPSA) is 88.8 Å². The molecule has 0 saturated heterocycles. The van der Waals surface area contributed by atoms with Gasteiger partial charge in [0.05, 0.1) is 19.5 Å². The number of aryl methyl sites for hydroxylation is 1. The van der Waals surface area contributed by atoms with E-state index in [9.17, 15) is 14.7 Å². The van der Waals surface area contributed by atoms with Crippen molar-refractivity contribution >= 4 is 11.9 Å². The van der Waals surface area contributed by atoms with Gasteiger partial charge in [0.25, 0.3) is 5.91 Å². The predicted octanol–water partition coefficient (Wildman–Crippen LogP) is 3.65. The van der Waals surface area contributed by atoms with Crippen molar-refractivity contribution < 1.29 is 23.8 Å². The molecule has 0 saturated carbocycles. The van der Waals surface area contributed by atoms with Gasteiger partial charge in [-0.2, -0.15) is 0 Å². The second-order valence-corrected chi connectivity index (χ2v) is 6.43. The normalized spacial score (nSPS) is 11.8. The van der Waals surface area contributed by atoms with Crippen LogP contribution >= 0.6 is 0 Å². The van der Waals surface area contributed by atoms with Gasteiger partial charge in [-0.15, -0.1) is 0 Å². The largest absolute Gasteiger partial charge is 0.480 e. The van der Waals surface area contributed by atoms with Crippen molar-refractivity contribution in [1.29, 1.82) is 0 Å². The number of nitrogens with one attached hydrogen (secondary N) is 1. The van der Waals surface area contributed by atoms with Crippen molar-refractivity contribution in [2.75, 3.05) is 6.61 Å². The van der Waals surface area contributed by atoms with E-state index < -0.39 is 17.9 Å². The molecule has 6 nitrogen and oxygen atoms in total. The average molecular weight is 379 g/mol. The van der Waals surface area contributed by atoms with Crippen molar-refractivity contribution in [2.24, 2.45) is 0 Å². The molecule has 0 bridgehead atoms. The van der Waals surface area contributed by atoms with Gasteiger partial charge in [0, 0.05) is 5.56 Å². The molecule has 0 aliphatic heterocycles. The summed E-state index contributed by atoms with van der Waals surface area (Å²) in [5.41, 5.74) is 3.68. The number of ether oxygens (including phenoxy) is 1. The number of carboxylic acids is 1. The average Bonchev–Trinajstić information content (AvgIpc) is 3.18. The van der Waals surface area contributed by atoms with Crippen LogP contribution in [-0.4, -0.2) is 29.6 Å². The Morgan fingerprint density at radius 2 is 1.86 bits per heavy atom. The Bertz CT molecular complexity index is 948. The van der Waals surface area contributed by atoms with Crippen LogP contribution in [0.4, 0.5) is 0 Å². The van der Waals surface area contributed by atoms with E-state index in [1.807, 2.05) is 61.5 Å². The van der Waals surface area contributed by atoms with Crippen LogP contribution in [0.2, 0.25) is 0 Å². The van der Waals surface area contributed by atoms with Crippen molar-refractivity contribution in [3.05, 3.63) is 83.8 Å².